The van der Waals surface area contributed by atoms with Crippen LogP contribution in [0.2, 0.25) is 0 Å². The number of carbonyl (C=O) groups is 2. The normalized spacial score (nSPS) is 11.4. The maximum Gasteiger partial charge on any atom is 0.408 e. The number of non-ortho nitro benzene ring substituents is 1. The number of carboxylic acids is 1. The van der Waals surface area contributed by atoms with Crippen molar-refractivity contribution >= 4 is 17.7 Å². The molecule has 0 aliphatic carbocycles. The molecule has 0 fully saturated rings. The Morgan fingerprint density at radius 1 is 1.19 bits per heavy atom. The van der Waals surface area contributed by atoms with Gasteiger partial charge in [0.2, 0.25) is 0 Å². The molecule has 10 nitrogen and oxygen atoms in total. The predicted molar refractivity (Wildman–Crippen MR) is 86.5 cm³/mol. The van der Waals surface area contributed by atoms with Gasteiger partial charge in [0.25, 0.3) is 5.69 Å². The number of carboxylic acid groups (broad SMARTS) is 1. The molecule has 27 heavy (non-hydrogen) atoms. The van der Waals surface area contributed by atoms with Crippen molar-refractivity contribution in [1.29, 1.82) is 0 Å². The van der Waals surface area contributed by atoms with E-state index in [1.807, 2.05) is 5.32 Å². The summed E-state index contributed by atoms with van der Waals surface area (Å²) in [5.41, 5.74) is -0.349. The van der Waals surface area contributed by atoms with Crippen molar-refractivity contribution in [3.05, 3.63) is 63.5 Å². The van der Waals surface area contributed by atoms with E-state index >= 15 is 0 Å². The number of nitro groups is 1. The number of amides is 1. The Kier molecular flexibility index (Phi) is 5.75. The molecule has 2 aromatic carbocycles. The van der Waals surface area contributed by atoms with Crippen molar-refractivity contribution in [2.75, 3.05) is 0 Å². The van der Waals surface area contributed by atoms with Crippen molar-refractivity contribution < 1.29 is 39.0 Å². The maximum absolute atomic E-state index is 13.9. The number of aromatic hydroxyl groups is 2. The molecule has 0 bridgehead atoms. The first kappa shape index (κ1) is 19.4. The zero-order valence-corrected chi connectivity index (χ0v) is 13.5. The molecule has 11 heteroatoms. The Labute approximate surface area is 150 Å². The molecule has 0 aliphatic heterocycles. The van der Waals surface area contributed by atoms with Gasteiger partial charge in [0, 0.05) is 23.8 Å². The van der Waals surface area contributed by atoms with Crippen LogP contribution in [0.1, 0.15) is 17.2 Å². The number of hydrogen-bond donors (Lipinski definition) is 4. The number of phenols is 2. The van der Waals surface area contributed by atoms with Gasteiger partial charge in [-0.3, -0.25) is 10.1 Å². The lowest BCUT2D eigenvalue weighted by Crippen LogP contribution is -2.34. The molecule has 2 rings (SSSR count). The summed E-state index contributed by atoms with van der Waals surface area (Å²) >= 11 is 0. The number of aliphatic carboxylic acids is 1. The number of benzene rings is 2. The summed E-state index contributed by atoms with van der Waals surface area (Å²) in [4.78, 5) is 33.1. The molecule has 0 aromatic heterocycles. The molecule has 1 unspecified atom stereocenters. The van der Waals surface area contributed by atoms with Gasteiger partial charge in [-0.15, -0.1) is 0 Å². The molecule has 1 amide bonds. The largest absolute Gasteiger partial charge is 0.504 e. The predicted octanol–water partition coefficient (Wildman–Crippen LogP) is 2.20. The highest BCUT2D eigenvalue weighted by Crippen LogP contribution is 2.30. The lowest BCUT2D eigenvalue weighted by atomic mass is 10.1. The van der Waals surface area contributed by atoms with Gasteiger partial charge in [-0.2, -0.15) is 0 Å². The van der Waals surface area contributed by atoms with Gasteiger partial charge >= 0.3 is 12.1 Å². The third-order valence-corrected chi connectivity index (χ3v) is 3.43. The van der Waals surface area contributed by atoms with E-state index < -0.39 is 45.9 Å². The SMILES string of the molecule is O=C(NC(C(=O)O)c1cc(O)c(O)cc1F)OCc1ccc([N+](=O)[O-])cc1. The van der Waals surface area contributed by atoms with Gasteiger partial charge in [0.05, 0.1) is 4.92 Å². The summed E-state index contributed by atoms with van der Waals surface area (Å²) in [5, 5.41) is 40.3. The number of ether oxygens (including phenoxy) is 1. The number of halogens is 1. The molecule has 1 atom stereocenters. The highest BCUT2D eigenvalue weighted by atomic mass is 19.1. The Morgan fingerprint density at radius 3 is 2.33 bits per heavy atom. The number of nitrogens with one attached hydrogen (secondary N) is 1. The summed E-state index contributed by atoms with van der Waals surface area (Å²) in [6, 6.07) is 4.37. The molecule has 0 spiro atoms. The Morgan fingerprint density at radius 2 is 1.78 bits per heavy atom. The smallest absolute Gasteiger partial charge is 0.408 e. The number of nitrogens with zero attached hydrogens (tertiary/aromatic N) is 1. The van der Waals surface area contributed by atoms with Crippen LogP contribution in [0.15, 0.2) is 36.4 Å². The van der Waals surface area contributed by atoms with E-state index in [1.165, 1.54) is 24.3 Å². The van der Waals surface area contributed by atoms with Crippen molar-refractivity contribution in [3.8, 4) is 11.5 Å². The number of nitro benzene ring substituents is 1. The zero-order valence-electron chi connectivity index (χ0n) is 13.5. The summed E-state index contributed by atoms with van der Waals surface area (Å²) < 4.78 is 18.7. The van der Waals surface area contributed by atoms with Gasteiger partial charge in [-0.25, -0.2) is 14.0 Å². The third kappa shape index (κ3) is 4.81. The van der Waals surface area contributed by atoms with Crippen molar-refractivity contribution in [2.24, 2.45) is 0 Å². The number of alkyl carbamates (subject to hydrolysis) is 1. The maximum atomic E-state index is 13.9. The molecule has 0 aliphatic rings. The van der Waals surface area contributed by atoms with Gasteiger partial charge in [0.1, 0.15) is 12.4 Å². The second-order valence-corrected chi connectivity index (χ2v) is 5.28. The molecular weight excluding hydrogens is 367 g/mol. The minimum absolute atomic E-state index is 0.156. The number of rotatable bonds is 6. The lowest BCUT2D eigenvalue weighted by Gasteiger charge is -2.16. The second-order valence-electron chi connectivity index (χ2n) is 5.28. The number of phenolic OH excluding ortho intramolecular Hbond substituents is 2. The minimum Gasteiger partial charge on any atom is -0.504 e. The molecule has 4 N–H and O–H groups in total. The molecule has 0 heterocycles. The van der Waals surface area contributed by atoms with E-state index in [-0.39, 0.29) is 12.3 Å². The fourth-order valence-corrected chi connectivity index (χ4v) is 2.08. The molecule has 2 aromatic rings. The summed E-state index contributed by atoms with van der Waals surface area (Å²) in [7, 11) is 0. The van der Waals surface area contributed by atoms with Crippen molar-refractivity contribution in [2.45, 2.75) is 12.6 Å². The van der Waals surface area contributed by atoms with Crippen LogP contribution in [0.5, 0.6) is 11.5 Å². The van der Waals surface area contributed by atoms with E-state index in [0.29, 0.717) is 17.7 Å². The van der Waals surface area contributed by atoms with Crippen molar-refractivity contribution in [3.63, 3.8) is 0 Å². The van der Waals surface area contributed by atoms with Gasteiger partial charge < -0.3 is 25.4 Å². The average molecular weight is 380 g/mol. The topological polar surface area (TPSA) is 159 Å². The van der Waals surface area contributed by atoms with Crippen LogP contribution in [0, 0.1) is 15.9 Å². The van der Waals surface area contributed by atoms with Crippen LogP contribution < -0.4 is 5.32 Å². The minimum atomic E-state index is -1.89. The Hall–Kier alpha value is -3.89. The van der Waals surface area contributed by atoms with Crippen LogP contribution >= 0.6 is 0 Å². The highest BCUT2D eigenvalue weighted by Gasteiger charge is 2.27. The van der Waals surface area contributed by atoms with Crippen LogP contribution in [0.25, 0.3) is 0 Å². The Bertz CT molecular complexity index is 885. The number of carbonyl (C=O) groups excluding carboxylic acids is 1. The molecule has 0 saturated heterocycles. The fraction of sp³-hybridized carbons (Fsp3) is 0.125. The molecule has 0 radical (unpaired) electrons. The quantitative estimate of drug-likeness (QED) is 0.337. The van der Waals surface area contributed by atoms with Crippen molar-refractivity contribution in [1.82, 2.24) is 5.32 Å². The molecular formula is C16H13FN2O8. The van der Waals surface area contributed by atoms with Crippen LogP contribution in [-0.4, -0.2) is 32.3 Å². The van der Waals surface area contributed by atoms with E-state index in [2.05, 4.69) is 0 Å². The van der Waals surface area contributed by atoms with E-state index in [0.717, 1.165) is 0 Å². The second kappa shape index (κ2) is 7.99. The van der Waals surface area contributed by atoms with Crippen LogP contribution in [0.4, 0.5) is 14.9 Å². The third-order valence-electron chi connectivity index (χ3n) is 3.43. The summed E-state index contributed by atoms with van der Waals surface area (Å²) in [6.45, 7) is -0.320. The number of hydrogen-bond acceptors (Lipinski definition) is 7. The van der Waals surface area contributed by atoms with Crippen LogP contribution in [0.3, 0.4) is 0 Å². The van der Waals surface area contributed by atoms with E-state index in [9.17, 15) is 39.4 Å². The van der Waals surface area contributed by atoms with E-state index in [1.54, 1.807) is 0 Å². The first-order valence-corrected chi connectivity index (χ1v) is 7.30. The van der Waals surface area contributed by atoms with Gasteiger partial charge in [0.15, 0.2) is 17.5 Å². The molecule has 0 saturated carbocycles. The van der Waals surface area contributed by atoms with Crippen LogP contribution in [-0.2, 0) is 16.1 Å². The van der Waals surface area contributed by atoms with E-state index in [4.69, 9.17) is 4.74 Å². The highest BCUT2D eigenvalue weighted by molar-refractivity contribution is 5.81. The first-order chi connectivity index (χ1) is 12.7. The average Bonchev–Trinajstić information content (AvgIpc) is 2.61. The zero-order chi connectivity index (χ0) is 20.1. The van der Waals surface area contributed by atoms with Gasteiger partial charge in [-0.05, 0) is 23.8 Å². The standard InChI is InChI=1S/C16H13FN2O8/c17-11-6-13(21)12(20)5-10(11)14(15(22)23)18-16(24)27-7-8-1-3-9(4-2-8)19(25)26/h1-6,14,20-21H,7H2,(H,18,24)(H,22,23). The lowest BCUT2D eigenvalue weighted by molar-refractivity contribution is -0.384. The van der Waals surface area contributed by atoms with Gasteiger partial charge in [-0.1, -0.05) is 0 Å². The Balaban J connectivity index is 2.06. The monoisotopic (exact) mass is 380 g/mol. The summed E-state index contributed by atoms with van der Waals surface area (Å²) in [6.07, 6.45) is -1.20. The fourth-order valence-electron chi connectivity index (χ4n) is 2.08. The first-order valence-electron chi connectivity index (χ1n) is 7.30. The molecule has 142 valence electrons. The summed E-state index contributed by atoms with van der Waals surface area (Å²) in [5.74, 6) is -4.35.